The number of nitrogens with one attached hydrogen (secondary N) is 2. The molecule has 0 saturated carbocycles. The van der Waals surface area contributed by atoms with Crippen molar-refractivity contribution in [2.45, 2.75) is 30.8 Å². The van der Waals surface area contributed by atoms with Crippen LogP contribution in [0.3, 0.4) is 0 Å². The molecule has 4 aromatic carbocycles. The fourth-order valence-electron chi connectivity index (χ4n) is 4.06. The van der Waals surface area contributed by atoms with Crippen molar-refractivity contribution in [3.05, 3.63) is 108 Å². The number of rotatable bonds is 9. The summed E-state index contributed by atoms with van der Waals surface area (Å²) < 4.78 is 1.95. The summed E-state index contributed by atoms with van der Waals surface area (Å²) in [7, 11) is 0. The maximum absolute atomic E-state index is 12.9. The fourth-order valence-corrected chi connectivity index (χ4v) is 4.94. The van der Waals surface area contributed by atoms with E-state index >= 15 is 0 Å². The number of aromatic nitrogens is 3. The van der Waals surface area contributed by atoms with Crippen LogP contribution < -0.4 is 10.7 Å². The highest BCUT2D eigenvalue weighted by Crippen LogP contribution is 2.27. The van der Waals surface area contributed by atoms with E-state index in [0.29, 0.717) is 17.3 Å². The Hall–Kier alpha value is -4.63. The van der Waals surface area contributed by atoms with Crippen LogP contribution in [0.2, 0.25) is 0 Å². The summed E-state index contributed by atoms with van der Waals surface area (Å²) in [6, 6.07) is 29.1. The maximum atomic E-state index is 12.9. The molecule has 9 heteroatoms. The van der Waals surface area contributed by atoms with Crippen molar-refractivity contribution in [2.75, 3.05) is 5.32 Å². The van der Waals surface area contributed by atoms with Crippen LogP contribution in [0.1, 0.15) is 23.9 Å². The van der Waals surface area contributed by atoms with Gasteiger partial charge in [0.25, 0.3) is 5.91 Å². The smallest absolute Gasteiger partial charge is 0.253 e. The Balaban J connectivity index is 1.30. The average molecular weight is 537 g/mol. The van der Waals surface area contributed by atoms with Crippen LogP contribution >= 0.6 is 11.8 Å². The van der Waals surface area contributed by atoms with E-state index in [9.17, 15) is 9.90 Å². The third kappa shape index (κ3) is 6.10. The molecule has 0 spiro atoms. The van der Waals surface area contributed by atoms with Gasteiger partial charge in [-0.25, -0.2) is 5.43 Å². The van der Waals surface area contributed by atoms with Gasteiger partial charge in [0.05, 0.1) is 18.0 Å². The third-order valence-corrected chi connectivity index (χ3v) is 7.23. The normalized spacial score (nSPS) is 12.1. The van der Waals surface area contributed by atoms with Crippen molar-refractivity contribution in [1.29, 1.82) is 0 Å². The maximum Gasteiger partial charge on any atom is 0.253 e. The molecule has 1 atom stereocenters. The van der Waals surface area contributed by atoms with Crippen LogP contribution in [0.15, 0.2) is 101 Å². The number of para-hydroxylation sites is 1. The van der Waals surface area contributed by atoms with Crippen molar-refractivity contribution in [1.82, 2.24) is 20.2 Å². The number of amides is 1. The number of carbonyl (C=O) groups is 1. The van der Waals surface area contributed by atoms with Gasteiger partial charge >= 0.3 is 0 Å². The average Bonchev–Trinajstić information content (AvgIpc) is 3.36. The second kappa shape index (κ2) is 11.8. The highest BCUT2D eigenvalue weighted by molar-refractivity contribution is 8.00. The number of phenolic OH excluding ortho intramolecular Hbond substituents is 1. The summed E-state index contributed by atoms with van der Waals surface area (Å²) in [5.74, 6) is 0.524. The summed E-state index contributed by atoms with van der Waals surface area (Å²) >= 11 is 1.30. The highest BCUT2D eigenvalue weighted by Gasteiger charge is 2.21. The number of fused-ring (bicyclic) bond motifs is 1. The van der Waals surface area contributed by atoms with Crippen molar-refractivity contribution in [2.24, 2.45) is 5.10 Å². The second-order valence-electron chi connectivity index (χ2n) is 9.00. The number of hydrazone groups is 1. The van der Waals surface area contributed by atoms with E-state index < -0.39 is 5.25 Å². The molecular formula is C30H28N6O2S. The first-order chi connectivity index (χ1) is 19.0. The molecule has 0 aliphatic heterocycles. The Morgan fingerprint density at radius 2 is 1.74 bits per heavy atom. The Labute approximate surface area is 230 Å². The topological polar surface area (TPSA) is 104 Å². The van der Waals surface area contributed by atoms with Crippen LogP contribution in [0.25, 0.3) is 16.5 Å². The van der Waals surface area contributed by atoms with Gasteiger partial charge in [0.1, 0.15) is 5.75 Å². The minimum absolute atomic E-state index is 0.0943. The molecule has 1 amide bonds. The van der Waals surface area contributed by atoms with Crippen LogP contribution in [-0.2, 0) is 11.3 Å². The Morgan fingerprint density at radius 3 is 2.54 bits per heavy atom. The molecule has 5 rings (SSSR count). The Bertz CT molecular complexity index is 1620. The van der Waals surface area contributed by atoms with Gasteiger partial charge in [-0.1, -0.05) is 78.0 Å². The predicted octanol–water partition coefficient (Wildman–Crippen LogP) is 5.68. The minimum atomic E-state index is -0.507. The van der Waals surface area contributed by atoms with Crippen LogP contribution in [0.5, 0.6) is 5.75 Å². The SMILES string of the molecule is Cc1ccc(NCc2nnc(S[C@@H](C)C(=O)N/N=C\c3c(O)ccc4ccccc34)n2-c2ccccc2)cc1. The molecule has 0 bridgehead atoms. The second-order valence-corrected chi connectivity index (χ2v) is 10.3. The summed E-state index contributed by atoms with van der Waals surface area (Å²) in [4.78, 5) is 12.9. The van der Waals surface area contributed by atoms with Crippen LogP contribution in [0.4, 0.5) is 5.69 Å². The van der Waals surface area contributed by atoms with E-state index in [1.807, 2.05) is 77.4 Å². The largest absolute Gasteiger partial charge is 0.507 e. The number of phenols is 1. The molecule has 5 aromatic rings. The van der Waals surface area contributed by atoms with E-state index in [0.717, 1.165) is 28.0 Å². The van der Waals surface area contributed by atoms with Gasteiger partial charge < -0.3 is 10.4 Å². The summed E-state index contributed by atoms with van der Waals surface area (Å²) in [6.07, 6.45) is 1.47. The number of thioether (sulfide) groups is 1. The Morgan fingerprint density at radius 1 is 1.00 bits per heavy atom. The minimum Gasteiger partial charge on any atom is -0.507 e. The number of nitrogens with zero attached hydrogens (tertiary/aromatic N) is 4. The van der Waals surface area contributed by atoms with E-state index in [-0.39, 0.29) is 11.7 Å². The van der Waals surface area contributed by atoms with Gasteiger partial charge in [0, 0.05) is 16.9 Å². The molecule has 196 valence electrons. The third-order valence-electron chi connectivity index (χ3n) is 6.18. The number of aromatic hydroxyl groups is 1. The molecule has 0 aliphatic rings. The molecule has 0 unspecified atom stereocenters. The van der Waals surface area contributed by atoms with E-state index in [4.69, 9.17) is 0 Å². The van der Waals surface area contributed by atoms with E-state index in [1.54, 1.807) is 13.0 Å². The molecule has 0 fully saturated rings. The lowest BCUT2D eigenvalue weighted by molar-refractivity contribution is -0.120. The van der Waals surface area contributed by atoms with Crippen molar-refractivity contribution < 1.29 is 9.90 Å². The fraction of sp³-hybridized carbons (Fsp3) is 0.133. The molecule has 1 heterocycles. The summed E-state index contributed by atoms with van der Waals surface area (Å²) in [5, 5.41) is 28.6. The molecular weight excluding hydrogens is 508 g/mol. The highest BCUT2D eigenvalue weighted by atomic mass is 32.2. The predicted molar refractivity (Wildman–Crippen MR) is 157 cm³/mol. The summed E-state index contributed by atoms with van der Waals surface area (Å²) in [6.45, 7) is 4.31. The van der Waals surface area contributed by atoms with Gasteiger partial charge in [-0.15, -0.1) is 10.2 Å². The van der Waals surface area contributed by atoms with Crippen molar-refractivity contribution in [3.63, 3.8) is 0 Å². The number of hydrogen-bond acceptors (Lipinski definition) is 7. The molecule has 8 nitrogen and oxygen atoms in total. The van der Waals surface area contributed by atoms with Crippen molar-refractivity contribution >= 4 is 40.3 Å². The quantitative estimate of drug-likeness (QED) is 0.127. The number of carbonyl (C=O) groups excluding carboxylic acids is 1. The van der Waals surface area contributed by atoms with Gasteiger partial charge in [0.2, 0.25) is 0 Å². The lowest BCUT2D eigenvalue weighted by Crippen LogP contribution is -2.27. The van der Waals surface area contributed by atoms with Gasteiger partial charge in [-0.05, 0) is 55.0 Å². The van der Waals surface area contributed by atoms with Gasteiger partial charge in [-0.2, -0.15) is 5.10 Å². The molecule has 3 N–H and O–H groups in total. The first kappa shape index (κ1) is 26.0. The zero-order valence-electron chi connectivity index (χ0n) is 21.6. The monoisotopic (exact) mass is 536 g/mol. The number of aryl methyl sites for hydroxylation is 1. The van der Waals surface area contributed by atoms with Crippen LogP contribution in [-0.4, -0.2) is 37.2 Å². The molecule has 0 aliphatic carbocycles. The molecule has 0 radical (unpaired) electrons. The zero-order valence-corrected chi connectivity index (χ0v) is 22.4. The first-order valence-electron chi connectivity index (χ1n) is 12.5. The molecule has 39 heavy (non-hydrogen) atoms. The van der Waals surface area contributed by atoms with Gasteiger partial charge in [-0.3, -0.25) is 9.36 Å². The number of hydrogen-bond donors (Lipinski definition) is 3. The molecule has 1 aromatic heterocycles. The summed E-state index contributed by atoms with van der Waals surface area (Å²) in [5.41, 5.74) is 6.22. The number of benzene rings is 4. The van der Waals surface area contributed by atoms with Crippen LogP contribution in [0, 0.1) is 6.92 Å². The first-order valence-corrected chi connectivity index (χ1v) is 13.4. The van der Waals surface area contributed by atoms with E-state index in [2.05, 4.69) is 45.1 Å². The lowest BCUT2D eigenvalue weighted by Gasteiger charge is -2.13. The standard InChI is InChI=1S/C30H28N6O2S/c1-20-12-15-23(16-13-20)31-19-28-33-35-30(36(28)24-9-4-3-5-10-24)39-21(2)29(38)34-32-18-26-25-11-7-6-8-22(25)14-17-27(26)37/h3-18,21,31,37H,19H2,1-2H3,(H,34,38)/b32-18-/t21-/m0/s1. The lowest BCUT2D eigenvalue weighted by atomic mass is 10.0. The number of anilines is 1. The van der Waals surface area contributed by atoms with Crippen molar-refractivity contribution in [3.8, 4) is 11.4 Å². The Kier molecular flexibility index (Phi) is 7.88. The molecule has 0 saturated heterocycles. The zero-order chi connectivity index (χ0) is 27.2. The van der Waals surface area contributed by atoms with Gasteiger partial charge in [0.15, 0.2) is 11.0 Å². The van der Waals surface area contributed by atoms with E-state index in [1.165, 1.54) is 23.5 Å².